The zero-order chi connectivity index (χ0) is 25.6. The van der Waals surface area contributed by atoms with Crippen LogP contribution in [0.15, 0.2) is 0 Å². The molecule has 0 aliphatic heterocycles. The van der Waals surface area contributed by atoms with E-state index in [9.17, 15) is 15.0 Å². The summed E-state index contributed by atoms with van der Waals surface area (Å²) in [6.07, 6.45) is 10.1. The molecule has 0 amide bonds. The maximum absolute atomic E-state index is 11.8. The van der Waals surface area contributed by atoms with Gasteiger partial charge in [-0.05, 0) is 110 Å². The molecule has 200 valence electrons. The molecule has 0 aromatic heterocycles. The Hall–Kier alpha value is -0.650. The van der Waals surface area contributed by atoms with Crippen LogP contribution in [0.4, 0.5) is 0 Å². The fraction of sp³-hybridized carbons (Fsp3) is 0.967. The molecule has 0 aromatic carbocycles. The number of aliphatic hydroxyl groups is 2. The standard InChI is InChI=1S/C30H50O5/c1-18(15-19(35-6)7-10-25(33)34)20-16-24(32)28(5)22-9-8-21-26(2,3)23(31)11-12-29(21)17-30(22,29)14-13-27(20,28)4/h18-24,31-32H,7-17H2,1-6H3,(H,33,34)/t18-,19?,20?,21+,22?,23?,24+,27?,28-,29?,30?/m1/s1. The lowest BCUT2D eigenvalue weighted by molar-refractivity contribution is -0.182. The number of carbonyl (C=O) groups is 1. The highest BCUT2D eigenvalue weighted by atomic mass is 16.5. The number of hydrogen-bond acceptors (Lipinski definition) is 4. The molecule has 7 unspecified atom stereocenters. The highest BCUT2D eigenvalue weighted by Gasteiger charge is 2.83. The van der Waals surface area contributed by atoms with Crippen LogP contribution in [-0.2, 0) is 9.53 Å². The first-order valence-electron chi connectivity index (χ1n) is 14.4. The summed E-state index contributed by atoms with van der Waals surface area (Å²) in [7, 11) is 1.70. The molecule has 35 heavy (non-hydrogen) atoms. The van der Waals surface area contributed by atoms with Gasteiger partial charge in [-0.15, -0.1) is 0 Å². The predicted molar refractivity (Wildman–Crippen MR) is 136 cm³/mol. The molecular formula is C30H50O5. The average molecular weight is 491 g/mol. The molecule has 5 saturated carbocycles. The van der Waals surface area contributed by atoms with Crippen molar-refractivity contribution in [3.05, 3.63) is 0 Å². The maximum Gasteiger partial charge on any atom is 0.303 e. The van der Waals surface area contributed by atoms with Crippen LogP contribution in [0.2, 0.25) is 0 Å². The van der Waals surface area contributed by atoms with Crippen molar-refractivity contribution in [3.8, 4) is 0 Å². The summed E-state index contributed by atoms with van der Waals surface area (Å²) < 4.78 is 5.70. The summed E-state index contributed by atoms with van der Waals surface area (Å²) in [6.45, 7) is 11.8. The summed E-state index contributed by atoms with van der Waals surface area (Å²) in [5.41, 5.74) is 0.738. The molecule has 3 N–H and O–H groups in total. The third kappa shape index (κ3) is 3.25. The summed E-state index contributed by atoms with van der Waals surface area (Å²) in [6, 6.07) is 0. The Morgan fingerprint density at radius 1 is 0.971 bits per heavy atom. The smallest absolute Gasteiger partial charge is 0.303 e. The minimum absolute atomic E-state index is 0.00909. The van der Waals surface area contributed by atoms with Gasteiger partial charge in [0.05, 0.1) is 18.3 Å². The number of aliphatic hydroxyl groups excluding tert-OH is 2. The zero-order valence-corrected chi connectivity index (χ0v) is 23.0. The molecule has 0 aromatic rings. The highest BCUT2D eigenvalue weighted by Crippen LogP contribution is 2.89. The van der Waals surface area contributed by atoms with Crippen LogP contribution in [-0.4, -0.2) is 46.7 Å². The number of methoxy groups -OCH3 is 1. The minimum Gasteiger partial charge on any atom is -0.481 e. The van der Waals surface area contributed by atoms with Gasteiger partial charge in [-0.1, -0.05) is 34.6 Å². The average Bonchev–Trinajstić information content (AvgIpc) is 3.42. The van der Waals surface area contributed by atoms with Crippen LogP contribution >= 0.6 is 0 Å². The third-order valence-corrected chi connectivity index (χ3v) is 13.6. The number of aliphatic carboxylic acids is 1. The van der Waals surface area contributed by atoms with E-state index in [-0.39, 0.29) is 41.0 Å². The molecule has 5 rings (SSSR count). The first kappa shape index (κ1) is 26.0. The number of fused-ring (bicyclic) bond motifs is 2. The summed E-state index contributed by atoms with van der Waals surface area (Å²) in [5, 5.41) is 31.8. The van der Waals surface area contributed by atoms with Crippen molar-refractivity contribution in [2.24, 2.45) is 50.7 Å². The van der Waals surface area contributed by atoms with Gasteiger partial charge in [0.25, 0.3) is 0 Å². The monoisotopic (exact) mass is 490 g/mol. The molecule has 5 nitrogen and oxygen atoms in total. The predicted octanol–water partition coefficient (Wildman–Crippen LogP) is 5.66. The van der Waals surface area contributed by atoms with E-state index in [1.807, 2.05) is 0 Å². The largest absolute Gasteiger partial charge is 0.481 e. The minimum atomic E-state index is -0.763. The van der Waals surface area contributed by atoms with Gasteiger partial charge >= 0.3 is 5.97 Å². The zero-order valence-electron chi connectivity index (χ0n) is 23.0. The van der Waals surface area contributed by atoms with E-state index >= 15 is 0 Å². The van der Waals surface area contributed by atoms with Crippen LogP contribution in [0.3, 0.4) is 0 Å². The van der Waals surface area contributed by atoms with Crippen molar-refractivity contribution in [2.75, 3.05) is 7.11 Å². The second-order valence-corrected chi connectivity index (χ2v) is 14.6. The number of carboxylic acid groups (broad SMARTS) is 1. The normalized spacial score (nSPS) is 51.4. The van der Waals surface area contributed by atoms with Crippen molar-refractivity contribution in [3.63, 3.8) is 0 Å². The van der Waals surface area contributed by atoms with E-state index in [2.05, 4.69) is 34.6 Å². The van der Waals surface area contributed by atoms with Gasteiger partial charge in [0.2, 0.25) is 0 Å². The quantitative estimate of drug-likeness (QED) is 0.428. The van der Waals surface area contributed by atoms with Crippen molar-refractivity contribution in [2.45, 2.75) is 124 Å². The van der Waals surface area contributed by atoms with Crippen molar-refractivity contribution in [1.29, 1.82) is 0 Å². The molecule has 0 saturated heterocycles. The Balaban J connectivity index is 1.40. The van der Waals surface area contributed by atoms with Crippen LogP contribution in [0.5, 0.6) is 0 Å². The summed E-state index contributed by atoms with van der Waals surface area (Å²) in [5.74, 6) is 1.22. The van der Waals surface area contributed by atoms with Gasteiger partial charge in [-0.25, -0.2) is 0 Å². The lowest BCUT2D eigenvalue weighted by Gasteiger charge is -2.63. The topological polar surface area (TPSA) is 87.0 Å². The van der Waals surface area contributed by atoms with E-state index in [1.54, 1.807) is 7.11 Å². The van der Waals surface area contributed by atoms with Crippen LogP contribution in [0.25, 0.3) is 0 Å². The third-order valence-electron chi connectivity index (χ3n) is 13.6. The molecular weight excluding hydrogens is 440 g/mol. The van der Waals surface area contributed by atoms with E-state index in [4.69, 9.17) is 9.84 Å². The lowest BCUT2D eigenvalue weighted by atomic mass is 9.41. The second kappa shape index (κ2) is 8.17. The number of carboxylic acids is 1. The molecule has 0 radical (unpaired) electrons. The van der Waals surface area contributed by atoms with E-state index < -0.39 is 5.97 Å². The second-order valence-electron chi connectivity index (χ2n) is 14.6. The Morgan fingerprint density at radius 2 is 1.63 bits per heavy atom. The highest BCUT2D eigenvalue weighted by molar-refractivity contribution is 5.66. The fourth-order valence-electron chi connectivity index (χ4n) is 11.5. The van der Waals surface area contributed by atoms with Gasteiger partial charge in [-0.2, -0.15) is 0 Å². The van der Waals surface area contributed by atoms with E-state index in [0.29, 0.717) is 40.9 Å². The fourth-order valence-corrected chi connectivity index (χ4v) is 11.5. The van der Waals surface area contributed by atoms with E-state index in [1.165, 1.54) is 38.5 Å². The lowest BCUT2D eigenvalue weighted by Crippen LogP contribution is -2.59. The van der Waals surface area contributed by atoms with Crippen molar-refractivity contribution < 1.29 is 24.9 Å². The first-order valence-corrected chi connectivity index (χ1v) is 14.4. The molecule has 0 bridgehead atoms. The van der Waals surface area contributed by atoms with Crippen LogP contribution in [0, 0.1) is 50.7 Å². The Bertz CT molecular complexity index is 856. The van der Waals surface area contributed by atoms with Gasteiger partial charge in [-0.3, -0.25) is 4.79 Å². The van der Waals surface area contributed by atoms with Crippen molar-refractivity contribution in [1.82, 2.24) is 0 Å². The Morgan fingerprint density at radius 3 is 2.29 bits per heavy atom. The number of rotatable bonds is 7. The maximum atomic E-state index is 11.8. The molecule has 5 aliphatic rings. The van der Waals surface area contributed by atoms with Crippen LogP contribution in [0.1, 0.15) is 105 Å². The molecule has 2 spiro atoms. The molecule has 5 fully saturated rings. The molecule has 0 heterocycles. The molecule has 11 atom stereocenters. The van der Waals surface area contributed by atoms with E-state index in [0.717, 1.165) is 19.3 Å². The number of hydrogen-bond donors (Lipinski definition) is 3. The van der Waals surface area contributed by atoms with Crippen molar-refractivity contribution >= 4 is 5.97 Å². The Kier molecular flexibility index (Phi) is 6.07. The first-order chi connectivity index (χ1) is 16.3. The molecule has 5 aliphatic carbocycles. The summed E-state index contributed by atoms with van der Waals surface area (Å²) >= 11 is 0. The van der Waals surface area contributed by atoms with Gasteiger partial charge in [0.15, 0.2) is 0 Å². The summed E-state index contributed by atoms with van der Waals surface area (Å²) in [4.78, 5) is 11.1. The van der Waals surface area contributed by atoms with Crippen LogP contribution < -0.4 is 0 Å². The SMILES string of the molecule is COC(CCC(=O)O)C[C@@H](C)C1C[C@H](O)[C@@]2(C)C3CC[C@H]4C(C)(C)C(O)CCC45CC35CCC12C. The molecule has 5 heteroatoms. The Labute approximate surface area is 212 Å². The van der Waals surface area contributed by atoms with Gasteiger partial charge < -0.3 is 20.1 Å². The van der Waals surface area contributed by atoms with Gasteiger partial charge in [0.1, 0.15) is 0 Å². The number of ether oxygens (including phenoxy) is 1. The van der Waals surface area contributed by atoms with Gasteiger partial charge in [0, 0.05) is 18.9 Å².